The molecule has 0 radical (unpaired) electrons. The van der Waals surface area contributed by atoms with Crippen LogP contribution < -0.4 is 10.1 Å². The second-order valence-corrected chi connectivity index (χ2v) is 3.53. The van der Waals surface area contributed by atoms with Crippen molar-refractivity contribution in [3.8, 4) is 5.75 Å². The molecule has 0 aliphatic heterocycles. The van der Waals surface area contributed by atoms with Gasteiger partial charge in [-0.3, -0.25) is 0 Å². The van der Waals surface area contributed by atoms with Crippen molar-refractivity contribution >= 4 is 0 Å². The van der Waals surface area contributed by atoms with E-state index in [0.717, 1.165) is 0 Å². The zero-order valence-corrected chi connectivity index (χ0v) is 9.27. The highest BCUT2D eigenvalue weighted by Gasteiger charge is 2.25. The van der Waals surface area contributed by atoms with Gasteiger partial charge in [0.05, 0.1) is 6.54 Å². The van der Waals surface area contributed by atoms with Gasteiger partial charge >= 0.3 is 6.18 Å². The lowest BCUT2D eigenvalue weighted by molar-refractivity contribution is -0.124. The van der Waals surface area contributed by atoms with Gasteiger partial charge in [0.2, 0.25) is 0 Å². The standard InChI is InChI=1S/C11H13F4NO/c1-8-3-2-4-9(10(8)12)17-6-5-16-7-11(13,14)15/h2-4,16H,5-7H2,1H3. The number of hydrogen-bond donors (Lipinski definition) is 1. The van der Waals surface area contributed by atoms with E-state index in [1.807, 2.05) is 0 Å². The number of aryl methyl sites for hydroxylation is 1. The van der Waals surface area contributed by atoms with Crippen LogP contribution in [-0.2, 0) is 0 Å². The first-order valence-corrected chi connectivity index (χ1v) is 5.05. The third-order valence-electron chi connectivity index (χ3n) is 2.02. The summed E-state index contributed by atoms with van der Waals surface area (Å²) in [5, 5.41) is 2.16. The normalized spacial score (nSPS) is 11.6. The predicted octanol–water partition coefficient (Wildman–Crippen LogP) is 2.66. The van der Waals surface area contributed by atoms with E-state index in [2.05, 4.69) is 5.32 Å². The van der Waals surface area contributed by atoms with E-state index in [1.165, 1.54) is 6.07 Å². The summed E-state index contributed by atoms with van der Waals surface area (Å²) in [5.74, 6) is -0.429. The molecule has 0 saturated carbocycles. The Bertz CT molecular complexity index is 365. The first kappa shape index (κ1) is 13.8. The van der Waals surface area contributed by atoms with Crippen LogP contribution in [0.2, 0.25) is 0 Å². The molecule has 2 nitrogen and oxygen atoms in total. The predicted molar refractivity (Wildman–Crippen MR) is 55.6 cm³/mol. The number of rotatable bonds is 5. The van der Waals surface area contributed by atoms with E-state index < -0.39 is 18.5 Å². The number of benzene rings is 1. The maximum absolute atomic E-state index is 13.4. The summed E-state index contributed by atoms with van der Waals surface area (Å²) in [5.41, 5.74) is 0.436. The van der Waals surface area contributed by atoms with Crippen LogP contribution in [0.5, 0.6) is 5.75 Å². The molecule has 1 aromatic rings. The molecule has 0 spiro atoms. The van der Waals surface area contributed by atoms with Crippen molar-refractivity contribution in [1.29, 1.82) is 0 Å². The molecule has 17 heavy (non-hydrogen) atoms. The van der Waals surface area contributed by atoms with Gasteiger partial charge in [0.25, 0.3) is 0 Å². The fourth-order valence-corrected chi connectivity index (χ4v) is 1.20. The van der Waals surface area contributed by atoms with Gasteiger partial charge in [0, 0.05) is 6.54 Å². The van der Waals surface area contributed by atoms with Crippen LogP contribution in [-0.4, -0.2) is 25.9 Å². The van der Waals surface area contributed by atoms with E-state index in [1.54, 1.807) is 19.1 Å². The highest BCUT2D eigenvalue weighted by Crippen LogP contribution is 2.19. The van der Waals surface area contributed by atoms with Crippen molar-refractivity contribution in [1.82, 2.24) is 5.32 Å². The Kier molecular flexibility index (Phi) is 4.74. The van der Waals surface area contributed by atoms with E-state index in [4.69, 9.17) is 4.74 Å². The Morgan fingerprint density at radius 1 is 1.29 bits per heavy atom. The first-order chi connectivity index (χ1) is 7.90. The summed E-state index contributed by atoms with van der Waals surface area (Å²) in [6.45, 7) is 0.500. The van der Waals surface area contributed by atoms with E-state index in [0.29, 0.717) is 5.56 Å². The lowest BCUT2D eigenvalue weighted by Crippen LogP contribution is -2.31. The molecule has 0 bridgehead atoms. The van der Waals surface area contributed by atoms with Gasteiger partial charge in [0.1, 0.15) is 6.61 Å². The average Bonchev–Trinajstić information content (AvgIpc) is 2.22. The largest absolute Gasteiger partial charge is 0.489 e. The van der Waals surface area contributed by atoms with Gasteiger partial charge in [-0.25, -0.2) is 4.39 Å². The summed E-state index contributed by atoms with van der Waals surface area (Å²) in [6.07, 6.45) is -4.24. The summed E-state index contributed by atoms with van der Waals surface area (Å²) in [6, 6.07) is 4.65. The molecule has 0 amide bonds. The van der Waals surface area contributed by atoms with Crippen LogP contribution in [0.3, 0.4) is 0 Å². The zero-order chi connectivity index (χ0) is 12.9. The van der Waals surface area contributed by atoms with Crippen molar-refractivity contribution in [2.75, 3.05) is 19.7 Å². The molecule has 0 atom stereocenters. The molecule has 0 aromatic heterocycles. The first-order valence-electron chi connectivity index (χ1n) is 5.05. The van der Waals surface area contributed by atoms with Gasteiger partial charge in [-0.05, 0) is 18.6 Å². The monoisotopic (exact) mass is 251 g/mol. The quantitative estimate of drug-likeness (QED) is 0.641. The van der Waals surface area contributed by atoms with Gasteiger partial charge in [-0.15, -0.1) is 0 Å². The van der Waals surface area contributed by atoms with Crippen LogP contribution in [0.4, 0.5) is 17.6 Å². The Morgan fingerprint density at radius 2 is 2.00 bits per heavy atom. The highest BCUT2D eigenvalue weighted by atomic mass is 19.4. The number of alkyl halides is 3. The number of halogens is 4. The lowest BCUT2D eigenvalue weighted by Gasteiger charge is -2.10. The average molecular weight is 251 g/mol. The van der Waals surface area contributed by atoms with Gasteiger partial charge < -0.3 is 10.1 Å². The Morgan fingerprint density at radius 3 is 2.65 bits per heavy atom. The van der Waals surface area contributed by atoms with Gasteiger partial charge in [0.15, 0.2) is 11.6 Å². The summed E-state index contributed by atoms with van der Waals surface area (Å²) < 4.78 is 53.7. The molecular formula is C11H13F4NO. The van der Waals surface area contributed by atoms with Crippen molar-refractivity contribution in [2.24, 2.45) is 0 Å². The fraction of sp³-hybridized carbons (Fsp3) is 0.455. The number of nitrogens with one attached hydrogen (secondary N) is 1. The van der Waals surface area contributed by atoms with Gasteiger partial charge in [-0.1, -0.05) is 12.1 Å². The van der Waals surface area contributed by atoms with Crippen molar-refractivity contribution in [3.05, 3.63) is 29.6 Å². The molecule has 0 aliphatic rings. The summed E-state index contributed by atoms with van der Waals surface area (Å²) >= 11 is 0. The maximum atomic E-state index is 13.4. The number of ether oxygens (including phenoxy) is 1. The Labute approximate surface area is 96.6 Å². The van der Waals surface area contributed by atoms with Crippen LogP contribution >= 0.6 is 0 Å². The van der Waals surface area contributed by atoms with Crippen molar-refractivity contribution in [3.63, 3.8) is 0 Å². The molecule has 0 unspecified atom stereocenters. The molecule has 0 heterocycles. The molecule has 1 N–H and O–H groups in total. The summed E-state index contributed by atoms with van der Waals surface area (Å²) in [4.78, 5) is 0. The minimum atomic E-state index is -4.24. The van der Waals surface area contributed by atoms with E-state index in [-0.39, 0.29) is 18.9 Å². The van der Waals surface area contributed by atoms with Gasteiger partial charge in [-0.2, -0.15) is 13.2 Å². The van der Waals surface area contributed by atoms with Crippen LogP contribution in [0.25, 0.3) is 0 Å². The Hall–Kier alpha value is -1.30. The molecule has 6 heteroatoms. The highest BCUT2D eigenvalue weighted by molar-refractivity contribution is 5.29. The fourth-order valence-electron chi connectivity index (χ4n) is 1.20. The van der Waals surface area contributed by atoms with Crippen LogP contribution in [0, 0.1) is 12.7 Å². The van der Waals surface area contributed by atoms with Crippen molar-refractivity contribution in [2.45, 2.75) is 13.1 Å². The van der Waals surface area contributed by atoms with Crippen LogP contribution in [0.15, 0.2) is 18.2 Å². The topological polar surface area (TPSA) is 21.3 Å². The zero-order valence-electron chi connectivity index (χ0n) is 9.27. The molecular weight excluding hydrogens is 238 g/mol. The van der Waals surface area contributed by atoms with Crippen LogP contribution in [0.1, 0.15) is 5.56 Å². The van der Waals surface area contributed by atoms with Crippen molar-refractivity contribution < 1.29 is 22.3 Å². The third kappa shape index (κ3) is 5.04. The minimum absolute atomic E-state index is 0.00684. The smallest absolute Gasteiger partial charge is 0.401 e. The Balaban J connectivity index is 2.29. The van der Waals surface area contributed by atoms with E-state index >= 15 is 0 Å². The molecule has 0 saturated heterocycles. The number of hydrogen-bond acceptors (Lipinski definition) is 2. The lowest BCUT2D eigenvalue weighted by atomic mass is 10.2. The SMILES string of the molecule is Cc1cccc(OCCNCC(F)(F)F)c1F. The minimum Gasteiger partial charge on any atom is -0.489 e. The maximum Gasteiger partial charge on any atom is 0.401 e. The second-order valence-electron chi connectivity index (χ2n) is 3.53. The molecule has 96 valence electrons. The van der Waals surface area contributed by atoms with E-state index in [9.17, 15) is 17.6 Å². The molecule has 0 aliphatic carbocycles. The molecule has 1 aromatic carbocycles. The molecule has 1 rings (SSSR count). The second kappa shape index (κ2) is 5.86. The third-order valence-corrected chi connectivity index (χ3v) is 2.02. The summed E-state index contributed by atoms with van der Waals surface area (Å²) in [7, 11) is 0. The molecule has 0 fully saturated rings.